The molecule has 4 nitrogen and oxygen atoms in total. The van der Waals surface area contributed by atoms with Crippen molar-refractivity contribution in [2.75, 3.05) is 0 Å². The molecular formula is C17H13F3N2O2. The number of aryl methyl sites for hydroxylation is 1. The van der Waals surface area contributed by atoms with E-state index in [1.165, 1.54) is 12.1 Å². The van der Waals surface area contributed by atoms with Crippen LogP contribution in [0.5, 0.6) is 5.75 Å². The van der Waals surface area contributed by atoms with Crippen LogP contribution in [0, 0.1) is 6.92 Å². The van der Waals surface area contributed by atoms with Gasteiger partial charge < -0.3 is 9.26 Å². The Balaban J connectivity index is 1.70. The molecule has 3 aromatic rings. The summed E-state index contributed by atoms with van der Waals surface area (Å²) in [6.07, 6.45) is -4.38. The fourth-order valence-electron chi connectivity index (χ4n) is 2.09. The number of aromatic nitrogens is 2. The predicted molar refractivity (Wildman–Crippen MR) is 80.2 cm³/mol. The van der Waals surface area contributed by atoms with Crippen LogP contribution in [0.3, 0.4) is 0 Å². The number of halogens is 3. The molecule has 0 spiro atoms. The molecule has 0 unspecified atom stereocenters. The zero-order valence-corrected chi connectivity index (χ0v) is 12.7. The second-order valence-corrected chi connectivity index (χ2v) is 5.15. The second kappa shape index (κ2) is 6.35. The molecule has 0 fully saturated rings. The van der Waals surface area contributed by atoms with Crippen LogP contribution in [-0.4, -0.2) is 10.1 Å². The SMILES string of the molecule is Cc1ccccc1OCc1noc(-c2ccc(C(F)(F)F)cc2)n1. The zero-order valence-electron chi connectivity index (χ0n) is 12.7. The molecule has 1 heterocycles. The third-order valence-corrected chi connectivity index (χ3v) is 3.38. The topological polar surface area (TPSA) is 48.2 Å². The molecule has 0 bridgehead atoms. The van der Waals surface area contributed by atoms with Crippen molar-refractivity contribution in [1.29, 1.82) is 0 Å². The smallest absolute Gasteiger partial charge is 0.416 e. The molecule has 3 rings (SSSR count). The van der Waals surface area contributed by atoms with E-state index in [4.69, 9.17) is 9.26 Å². The molecule has 1 aromatic heterocycles. The van der Waals surface area contributed by atoms with Crippen LogP contribution in [-0.2, 0) is 12.8 Å². The van der Waals surface area contributed by atoms with Crippen LogP contribution in [0.15, 0.2) is 53.1 Å². The normalized spacial score (nSPS) is 11.5. The van der Waals surface area contributed by atoms with Gasteiger partial charge in [-0.05, 0) is 42.8 Å². The summed E-state index contributed by atoms with van der Waals surface area (Å²) in [6.45, 7) is 2.02. The molecule has 0 aliphatic heterocycles. The molecule has 0 amide bonds. The second-order valence-electron chi connectivity index (χ2n) is 5.15. The molecule has 124 valence electrons. The lowest BCUT2D eigenvalue weighted by molar-refractivity contribution is -0.137. The molecule has 0 aliphatic rings. The number of ether oxygens (including phenoxy) is 1. The highest BCUT2D eigenvalue weighted by atomic mass is 19.4. The van der Waals surface area contributed by atoms with Gasteiger partial charge in [0.1, 0.15) is 5.75 Å². The maximum Gasteiger partial charge on any atom is 0.416 e. The van der Waals surface area contributed by atoms with Crippen molar-refractivity contribution < 1.29 is 22.4 Å². The number of para-hydroxylation sites is 1. The number of hydrogen-bond acceptors (Lipinski definition) is 4. The molecule has 0 saturated heterocycles. The molecule has 0 radical (unpaired) electrons. The molecule has 0 aliphatic carbocycles. The van der Waals surface area contributed by atoms with Crippen LogP contribution in [0.25, 0.3) is 11.5 Å². The van der Waals surface area contributed by atoms with Crippen LogP contribution >= 0.6 is 0 Å². The Labute approximate surface area is 135 Å². The first-order valence-corrected chi connectivity index (χ1v) is 7.12. The van der Waals surface area contributed by atoms with Gasteiger partial charge in [-0.25, -0.2) is 0 Å². The van der Waals surface area contributed by atoms with E-state index in [1.807, 2.05) is 31.2 Å². The van der Waals surface area contributed by atoms with Gasteiger partial charge in [0.25, 0.3) is 5.89 Å². The fourth-order valence-corrected chi connectivity index (χ4v) is 2.09. The first kappa shape index (κ1) is 16.0. The summed E-state index contributed by atoms with van der Waals surface area (Å²) in [5.74, 6) is 1.17. The first-order chi connectivity index (χ1) is 11.4. The Hall–Kier alpha value is -2.83. The minimum absolute atomic E-state index is 0.106. The van der Waals surface area contributed by atoms with Crippen molar-refractivity contribution in [3.63, 3.8) is 0 Å². The van der Waals surface area contributed by atoms with Gasteiger partial charge in [0.05, 0.1) is 5.56 Å². The summed E-state index contributed by atoms with van der Waals surface area (Å²) in [5.41, 5.74) is 0.662. The summed E-state index contributed by atoms with van der Waals surface area (Å²) in [7, 11) is 0. The van der Waals surface area contributed by atoms with E-state index in [2.05, 4.69) is 10.1 Å². The van der Waals surface area contributed by atoms with Gasteiger partial charge >= 0.3 is 6.18 Å². The molecule has 0 saturated carbocycles. The summed E-state index contributed by atoms with van der Waals surface area (Å²) in [6, 6.07) is 12.0. The molecule has 24 heavy (non-hydrogen) atoms. The summed E-state index contributed by atoms with van der Waals surface area (Å²) >= 11 is 0. The molecule has 7 heteroatoms. The quantitative estimate of drug-likeness (QED) is 0.697. The van der Waals surface area contributed by atoms with Gasteiger partial charge in [0, 0.05) is 5.56 Å². The highest BCUT2D eigenvalue weighted by Gasteiger charge is 2.30. The molecule has 0 N–H and O–H groups in total. The standard InChI is InChI=1S/C17H13F3N2O2/c1-11-4-2-3-5-14(11)23-10-15-21-16(24-22-15)12-6-8-13(9-7-12)17(18,19)20/h2-9H,10H2,1H3. The van der Waals surface area contributed by atoms with Crippen molar-refractivity contribution in [3.05, 3.63) is 65.5 Å². The monoisotopic (exact) mass is 334 g/mol. The van der Waals surface area contributed by atoms with Crippen LogP contribution in [0.2, 0.25) is 0 Å². The molecule has 2 aromatic carbocycles. The van der Waals surface area contributed by atoms with Crippen molar-refractivity contribution >= 4 is 0 Å². The Bertz CT molecular complexity index is 826. The maximum absolute atomic E-state index is 12.6. The Kier molecular flexibility index (Phi) is 4.24. The van der Waals surface area contributed by atoms with E-state index < -0.39 is 11.7 Å². The van der Waals surface area contributed by atoms with Gasteiger partial charge in [-0.1, -0.05) is 23.4 Å². The highest BCUT2D eigenvalue weighted by Crippen LogP contribution is 2.30. The number of hydrogen-bond donors (Lipinski definition) is 0. The molecular weight excluding hydrogens is 321 g/mol. The Morgan fingerprint density at radius 3 is 2.42 bits per heavy atom. The maximum atomic E-state index is 12.6. The van der Waals surface area contributed by atoms with E-state index in [-0.39, 0.29) is 12.5 Å². The zero-order chi connectivity index (χ0) is 17.2. The largest absolute Gasteiger partial charge is 0.485 e. The third kappa shape index (κ3) is 3.56. The minimum atomic E-state index is -4.38. The summed E-state index contributed by atoms with van der Waals surface area (Å²) < 4.78 is 48.3. The van der Waals surface area contributed by atoms with Crippen LogP contribution in [0.4, 0.5) is 13.2 Å². The third-order valence-electron chi connectivity index (χ3n) is 3.38. The van der Waals surface area contributed by atoms with E-state index in [0.29, 0.717) is 17.1 Å². The fraction of sp³-hybridized carbons (Fsp3) is 0.176. The predicted octanol–water partition coefficient (Wildman–Crippen LogP) is 4.64. The van der Waals surface area contributed by atoms with Gasteiger partial charge in [0.15, 0.2) is 6.61 Å². The Morgan fingerprint density at radius 1 is 1.04 bits per heavy atom. The van der Waals surface area contributed by atoms with Crippen molar-refractivity contribution in [2.24, 2.45) is 0 Å². The first-order valence-electron chi connectivity index (χ1n) is 7.12. The van der Waals surface area contributed by atoms with Gasteiger partial charge in [0.2, 0.25) is 5.82 Å². The van der Waals surface area contributed by atoms with Crippen LogP contribution < -0.4 is 4.74 Å². The molecule has 0 atom stereocenters. The van der Waals surface area contributed by atoms with Crippen molar-refractivity contribution in [1.82, 2.24) is 10.1 Å². The van der Waals surface area contributed by atoms with E-state index >= 15 is 0 Å². The van der Waals surface area contributed by atoms with Gasteiger partial charge in [-0.15, -0.1) is 0 Å². The van der Waals surface area contributed by atoms with Crippen LogP contribution in [0.1, 0.15) is 17.0 Å². The van der Waals surface area contributed by atoms with E-state index in [9.17, 15) is 13.2 Å². The van der Waals surface area contributed by atoms with Gasteiger partial charge in [-0.3, -0.25) is 0 Å². The average Bonchev–Trinajstić information content (AvgIpc) is 3.02. The lowest BCUT2D eigenvalue weighted by Crippen LogP contribution is -2.04. The minimum Gasteiger partial charge on any atom is -0.485 e. The van der Waals surface area contributed by atoms with E-state index in [0.717, 1.165) is 17.7 Å². The van der Waals surface area contributed by atoms with Crippen molar-refractivity contribution in [3.8, 4) is 17.2 Å². The average molecular weight is 334 g/mol. The van der Waals surface area contributed by atoms with Gasteiger partial charge in [-0.2, -0.15) is 18.2 Å². The number of rotatable bonds is 4. The highest BCUT2D eigenvalue weighted by molar-refractivity contribution is 5.53. The lowest BCUT2D eigenvalue weighted by Gasteiger charge is -2.06. The number of alkyl halides is 3. The Morgan fingerprint density at radius 2 is 1.75 bits per heavy atom. The summed E-state index contributed by atoms with van der Waals surface area (Å²) in [4.78, 5) is 4.13. The van der Waals surface area contributed by atoms with Crippen molar-refractivity contribution in [2.45, 2.75) is 19.7 Å². The number of benzene rings is 2. The summed E-state index contributed by atoms with van der Waals surface area (Å²) in [5, 5.41) is 3.78. The number of nitrogens with zero attached hydrogens (tertiary/aromatic N) is 2. The lowest BCUT2D eigenvalue weighted by atomic mass is 10.1. The van der Waals surface area contributed by atoms with E-state index in [1.54, 1.807) is 0 Å².